The minimum Gasteiger partial charge on any atom is -0.756 e. The number of likely N-dealkylation sites (N-methyl/N-ethyl adjacent to an activating group) is 1. The molecule has 0 aromatic rings. The van der Waals surface area contributed by atoms with Gasteiger partial charge in [0, 0.05) is 6.42 Å². The fourth-order valence-corrected chi connectivity index (χ4v) is 8.50. The quantitative estimate of drug-likeness (QED) is 0.239. The number of hydrogen-bond donors (Lipinski definition) is 0. The van der Waals surface area contributed by atoms with Crippen molar-refractivity contribution in [2.24, 2.45) is 28.6 Å². The zero-order valence-corrected chi connectivity index (χ0v) is 25.2. The van der Waals surface area contributed by atoms with Crippen LogP contribution in [0.2, 0.25) is 0 Å². The monoisotopic (exact) mass is 502 g/mol. The third kappa shape index (κ3) is 5.41. The number of allylic oxidation sites excluding steroid dienone is 2. The first-order valence-electron chi connectivity index (χ1n) is 12.6. The van der Waals surface area contributed by atoms with E-state index < -0.39 is 13.9 Å². The van der Waals surface area contributed by atoms with Crippen LogP contribution in [-0.2, 0) is 18.4 Å². The predicted molar refractivity (Wildman–Crippen MR) is 127 cm³/mol. The molecule has 0 spiro atoms. The van der Waals surface area contributed by atoms with Gasteiger partial charge < -0.3 is 18.4 Å². The Bertz CT molecular complexity index is 911. The van der Waals surface area contributed by atoms with Crippen LogP contribution in [-0.4, -0.2) is 50.7 Å². The molecule has 6 nitrogen and oxygen atoms in total. The maximum absolute atomic E-state index is 12.7. The van der Waals surface area contributed by atoms with Crippen LogP contribution < -0.4 is 34.5 Å². The third-order valence-corrected chi connectivity index (χ3v) is 10.4. The van der Waals surface area contributed by atoms with Crippen LogP contribution in [0.3, 0.4) is 0 Å². The number of carbonyl (C=O) groups excluding carboxylic acids is 1. The van der Waals surface area contributed by atoms with E-state index in [0.29, 0.717) is 35.2 Å². The van der Waals surface area contributed by atoms with E-state index in [0.717, 1.165) is 44.1 Å². The molecule has 0 bridgehead atoms. The van der Waals surface area contributed by atoms with Crippen molar-refractivity contribution in [1.29, 1.82) is 0 Å². The second kappa shape index (κ2) is 10.2. The van der Waals surface area contributed by atoms with Crippen molar-refractivity contribution in [3.8, 4) is 0 Å². The summed E-state index contributed by atoms with van der Waals surface area (Å²) in [4.78, 5) is 24.8. The zero-order chi connectivity index (χ0) is 24.2. The molecule has 4 aliphatic rings. The number of carbonyl (C=O) groups is 1. The molecule has 0 radical (unpaired) electrons. The molecular formula is C26H42NNaO5P+. The van der Waals surface area contributed by atoms with Crippen LogP contribution in [0.25, 0.3) is 0 Å². The maximum Gasteiger partial charge on any atom is 1.00 e. The van der Waals surface area contributed by atoms with Gasteiger partial charge in [-0.1, -0.05) is 25.5 Å². The Morgan fingerprint density at radius 2 is 1.85 bits per heavy atom. The van der Waals surface area contributed by atoms with Gasteiger partial charge in [0.2, 0.25) is 0 Å². The van der Waals surface area contributed by atoms with Crippen LogP contribution in [0.15, 0.2) is 23.3 Å². The molecule has 34 heavy (non-hydrogen) atoms. The van der Waals surface area contributed by atoms with Gasteiger partial charge in [-0.05, 0) is 85.7 Å². The first-order chi connectivity index (χ1) is 15.3. The normalized spacial score (nSPS) is 40.5. The van der Waals surface area contributed by atoms with Gasteiger partial charge in [0.1, 0.15) is 13.2 Å². The number of rotatable bonds is 6. The summed E-state index contributed by atoms with van der Waals surface area (Å²) in [6, 6.07) is 0. The van der Waals surface area contributed by atoms with E-state index >= 15 is 0 Å². The Morgan fingerprint density at radius 3 is 2.50 bits per heavy atom. The summed E-state index contributed by atoms with van der Waals surface area (Å²) in [5.41, 5.74) is 2.55. The van der Waals surface area contributed by atoms with E-state index in [1.165, 1.54) is 5.57 Å². The Balaban J connectivity index is 0.00000324. The van der Waals surface area contributed by atoms with E-state index in [2.05, 4.69) is 19.9 Å². The molecule has 0 aromatic heterocycles. The van der Waals surface area contributed by atoms with Crippen molar-refractivity contribution >= 4 is 13.6 Å². The van der Waals surface area contributed by atoms with Gasteiger partial charge in [-0.3, -0.25) is 9.36 Å². The summed E-state index contributed by atoms with van der Waals surface area (Å²) in [6.45, 7) is 7.42. The second-order valence-corrected chi connectivity index (χ2v) is 13.7. The van der Waals surface area contributed by atoms with Gasteiger partial charge in [0.05, 0.1) is 27.2 Å². The Morgan fingerprint density at radius 1 is 1.15 bits per heavy atom. The molecule has 0 N–H and O–H groups in total. The van der Waals surface area contributed by atoms with E-state index in [1.807, 2.05) is 34.1 Å². The number of nitrogens with zero attached hydrogens (tertiary/aromatic N) is 1. The largest absolute Gasteiger partial charge is 1.00 e. The van der Waals surface area contributed by atoms with Gasteiger partial charge in [-0.25, -0.2) is 0 Å². The van der Waals surface area contributed by atoms with E-state index in [4.69, 9.17) is 9.05 Å². The van der Waals surface area contributed by atoms with Gasteiger partial charge in [0.15, 0.2) is 5.78 Å². The van der Waals surface area contributed by atoms with E-state index in [-0.39, 0.29) is 52.8 Å². The fourth-order valence-electron chi connectivity index (χ4n) is 7.63. The second-order valence-electron chi connectivity index (χ2n) is 12.3. The van der Waals surface area contributed by atoms with E-state index in [9.17, 15) is 14.3 Å². The first kappa shape index (κ1) is 28.8. The number of quaternary nitrogens is 1. The minimum absolute atomic E-state index is 0. The molecule has 3 saturated carbocycles. The molecule has 186 valence electrons. The minimum atomic E-state index is -4.39. The summed E-state index contributed by atoms with van der Waals surface area (Å²) in [5, 5.41) is 0. The number of hydrogen-bond acceptors (Lipinski definition) is 5. The number of fused-ring (bicyclic) bond motifs is 5. The zero-order valence-electron chi connectivity index (χ0n) is 22.3. The number of phosphoric acid groups is 1. The molecule has 3 fully saturated rings. The van der Waals surface area contributed by atoms with Crippen LogP contribution in [0.4, 0.5) is 0 Å². The van der Waals surface area contributed by atoms with E-state index in [1.54, 1.807) is 0 Å². The molecule has 8 heteroatoms. The molecule has 0 aromatic carbocycles. The third-order valence-electron chi connectivity index (χ3n) is 9.40. The van der Waals surface area contributed by atoms with Crippen LogP contribution in [0.5, 0.6) is 0 Å². The molecular weight excluding hydrogens is 460 g/mol. The smallest absolute Gasteiger partial charge is 0.756 e. The SMILES string of the molecule is CC=C1C(OP(=O)([O-])OCC[N+](C)(C)C)CC2C3CCC4=CC(=O)CC[C@]4(C)C3CC[C@]12C.[Na+]. The molecule has 4 rings (SSSR count). The first-order valence-corrected chi connectivity index (χ1v) is 14.1. The molecule has 0 aliphatic heterocycles. The average molecular weight is 503 g/mol. The Kier molecular flexibility index (Phi) is 8.61. The molecule has 0 saturated heterocycles. The van der Waals surface area contributed by atoms with Crippen molar-refractivity contribution in [2.75, 3.05) is 34.3 Å². The molecule has 7 atom stereocenters. The Labute approximate surface area is 228 Å². The topological polar surface area (TPSA) is 75.7 Å². The van der Waals surface area contributed by atoms with Crippen molar-refractivity contribution in [1.82, 2.24) is 0 Å². The predicted octanol–water partition coefficient (Wildman–Crippen LogP) is 1.65. The van der Waals surface area contributed by atoms with Crippen molar-refractivity contribution in [3.05, 3.63) is 23.3 Å². The van der Waals surface area contributed by atoms with Gasteiger partial charge in [-0.2, -0.15) is 0 Å². The Hall–Kier alpha value is 0.220. The van der Waals surface area contributed by atoms with Gasteiger partial charge >= 0.3 is 29.6 Å². The van der Waals surface area contributed by atoms with Crippen LogP contribution >= 0.6 is 7.82 Å². The average Bonchev–Trinajstić information content (AvgIpc) is 2.97. The summed E-state index contributed by atoms with van der Waals surface area (Å²) < 4.78 is 24.3. The maximum atomic E-state index is 12.7. The fraction of sp³-hybridized carbons (Fsp3) is 0.808. The van der Waals surface area contributed by atoms with Crippen LogP contribution in [0, 0.1) is 28.6 Å². The van der Waals surface area contributed by atoms with Crippen molar-refractivity contribution in [2.45, 2.75) is 71.8 Å². The standard InChI is InChI=1S/C26H42NO5P.Na/c1-7-21-24(32-33(29,30)31-15-14-27(4,5)6)17-23-20-9-8-18-16-19(28)10-12-25(18,2)22(20)11-13-26(21,23)3;/h7,16,20,22-24H,8-15,17H2,1-6H3;/q;+1/t20?,22?,23?,24?,25-,26+;/m0./s1. The molecule has 5 unspecified atom stereocenters. The molecule has 0 amide bonds. The number of ketones is 1. The molecule has 4 aliphatic carbocycles. The van der Waals surface area contributed by atoms with Crippen molar-refractivity contribution in [3.63, 3.8) is 0 Å². The van der Waals surface area contributed by atoms with Gasteiger partial charge in [-0.15, -0.1) is 0 Å². The van der Waals surface area contributed by atoms with Gasteiger partial charge in [0.25, 0.3) is 7.82 Å². The summed E-state index contributed by atoms with van der Waals surface area (Å²) in [7, 11) is 1.62. The summed E-state index contributed by atoms with van der Waals surface area (Å²) in [5.74, 6) is 1.77. The number of phosphoric ester groups is 1. The summed E-state index contributed by atoms with van der Waals surface area (Å²) in [6.07, 6.45) is 10.2. The summed E-state index contributed by atoms with van der Waals surface area (Å²) >= 11 is 0. The molecule has 0 heterocycles. The van der Waals surface area contributed by atoms with Crippen LogP contribution in [0.1, 0.15) is 65.7 Å². The van der Waals surface area contributed by atoms with Crippen molar-refractivity contribution < 1.29 is 57.3 Å².